The fourth-order valence-electron chi connectivity index (χ4n) is 3.98. The van der Waals surface area contributed by atoms with Crippen LogP contribution in [0.2, 0.25) is 0 Å². The van der Waals surface area contributed by atoms with Gasteiger partial charge in [0.2, 0.25) is 5.82 Å². The van der Waals surface area contributed by atoms with E-state index in [0.717, 1.165) is 16.4 Å². The first-order chi connectivity index (χ1) is 17.0. The van der Waals surface area contributed by atoms with E-state index in [1.54, 1.807) is 43.3 Å². The van der Waals surface area contributed by atoms with Gasteiger partial charge in [0.15, 0.2) is 5.13 Å². The van der Waals surface area contributed by atoms with Crippen molar-refractivity contribution in [1.82, 2.24) is 40.0 Å². The van der Waals surface area contributed by atoms with Crippen LogP contribution in [0, 0.1) is 12.7 Å². The number of piperazine rings is 1. The lowest BCUT2D eigenvalue weighted by Crippen LogP contribution is -2.48. The third-order valence-corrected chi connectivity index (χ3v) is 6.47. The molecule has 12 heteroatoms. The summed E-state index contributed by atoms with van der Waals surface area (Å²) >= 11 is 1.48. The molecule has 180 valence electrons. The van der Waals surface area contributed by atoms with Gasteiger partial charge in [0.25, 0.3) is 5.91 Å². The molecule has 4 heterocycles. The highest BCUT2D eigenvalue weighted by atomic mass is 32.1. The summed E-state index contributed by atoms with van der Waals surface area (Å²) in [5.74, 6) is 0.436. The minimum Gasteiger partial charge on any atom is -0.336 e. The van der Waals surface area contributed by atoms with E-state index in [9.17, 15) is 9.18 Å². The molecule has 0 saturated carbocycles. The van der Waals surface area contributed by atoms with Gasteiger partial charge in [-0.25, -0.2) is 14.4 Å². The molecule has 0 aliphatic carbocycles. The van der Waals surface area contributed by atoms with E-state index < -0.39 is 5.82 Å². The predicted molar refractivity (Wildman–Crippen MR) is 130 cm³/mol. The maximum Gasteiger partial charge on any atom is 0.256 e. The number of carbonyl (C=O) groups is 1. The van der Waals surface area contributed by atoms with Crippen LogP contribution in [0.25, 0.3) is 11.4 Å². The Bertz CT molecular complexity index is 1330. The van der Waals surface area contributed by atoms with E-state index in [-0.39, 0.29) is 11.5 Å². The summed E-state index contributed by atoms with van der Waals surface area (Å²) in [7, 11) is 1.72. The van der Waals surface area contributed by atoms with E-state index in [0.29, 0.717) is 49.9 Å². The van der Waals surface area contributed by atoms with Gasteiger partial charge < -0.3 is 10.2 Å². The largest absolute Gasteiger partial charge is 0.336 e. The highest BCUT2D eigenvalue weighted by molar-refractivity contribution is 7.13. The van der Waals surface area contributed by atoms with Gasteiger partial charge in [-0.3, -0.25) is 9.69 Å². The number of amides is 1. The Morgan fingerprint density at radius 3 is 2.74 bits per heavy atom. The van der Waals surface area contributed by atoms with Gasteiger partial charge in [-0.1, -0.05) is 12.1 Å². The van der Waals surface area contributed by atoms with E-state index in [1.807, 2.05) is 17.5 Å². The number of pyridine rings is 1. The standard InChI is InChI=1S/C23H24FN9OS/c1-15-4-3-5-18(20(15)24)22(34)33-9-7-32(8-10-33)14-17-12-16(21-28-30-31(2)29-21)13-19(26-17)27-23-25-6-11-35-23/h3-6,11-13H,7-10,14H2,1-2H3,(H,25,26,27). The molecular weight excluding hydrogens is 469 g/mol. The number of rotatable bonds is 6. The number of halogens is 1. The van der Waals surface area contributed by atoms with Crippen molar-refractivity contribution in [3.63, 3.8) is 0 Å². The highest BCUT2D eigenvalue weighted by Crippen LogP contribution is 2.24. The molecule has 0 unspecified atom stereocenters. The minimum atomic E-state index is -0.446. The van der Waals surface area contributed by atoms with Crippen LogP contribution in [-0.2, 0) is 13.6 Å². The molecule has 1 fully saturated rings. The van der Waals surface area contributed by atoms with E-state index >= 15 is 0 Å². The molecule has 1 aliphatic rings. The van der Waals surface area contributed by atoms with Crippen molar-refractivity contribution in [2.75, 3.05) is 31.5 Å². The highest BCUT2D eigenvalue weighted by Gasteiger charge is 2.25. The zero-order valence-corrected chi connectivity index (χ0v) is 20.2. The number of hydrogen-bond donors (Lipinski definition) is 1. The zero-order valence-electron chi connectivity index (χ0n) is 19.3. The fourth-order valence-corrected chi connectivity index (χ4v) is 4.51. The number of aryl methyl sites for hydroxylation is 2. The molecule has 1 aliphatic heterocycles. The molecule has 35 heavy (non-hydrogen) atoms. The number of carbonyl (C=O) groups excluding carboxylic acids is 1. The quantitative estimate of drug-likeness (QED) is 0.437. The molecular formula is C23H24FN9OS. The summed E-state index contributed by atoms with van der Waals surface area (Å²) < 4.78 is 14.4. The maximum absolute atomic E-state index is 14.4. The normalized spacial score (nSPS) is 14.3. The fraction of sp³-hybridized carbons (Fsp3) is 0.304. The summed E-state index contributed by atoms with van der Waals surface area (Å²) in [6, 6.07) is 8.74. The van der Waals surface area contributed by atoms with Crippen LogP contribution in [-0.4, -0.2) is 72.1 Å². The molecule has 0 atom stereocenters. The molecule has 1 N–H and O–H groups in total. The first-order valence-corrected chi connectivity index (χ1v) is 12.0. The number of hydrogen-bond acceptors (Lipinski definition) is 9. The number of nitrogens with one attached hydrogen (secondary N) is 1. The van der Waals surface area contributed by atoms with Gasteiger partial charge in [0, 0.05) is 49.9 Å². The van der Waals surface area contributed by atoms with Crippen LogP contribution in [0.4, 0.5) is 15.3 Å². The van der Waals surface area contributed by atoms with Gasteiger partial charge in [-0.15, -0.1) is 21.5 Å². The van der Waals surface area contributed by atoms with Crippen LogP contribution in [0.5, 0.6) is 0 Å². The van der Waals surface area contributed by atoms with Crippen molar-refractivity contribution in [1.29, 1.82) is 0 Å². The van der Waals surface area contributed by atoms with Gasteiger partial charge in [0.05, 0.1) is 18.3 Å². The van der Waals surface area contributed by atoms with Gasteiger partial charge in [-0.2, -0.15) is 4.80 Å². The molecule has 4 aromatic rings. The Labute approximate surface area is 205 Å². The second kappa shape index (κ2) is 9.84. The molecule has 0 radical (unpaired) electrons. The number of aromatic nitrogens is 6. The smallest absolute Gasteiger partial charge is 0.256 e. The van der Waals surface area contributed by atoms with Gasteiger partial charge in [0.1, 0.15) is 11.6 Å². The molecule has 10 nitrogen and oxygen atoms in total. The van der Waals surface area contributed by atoms with E-state index in [4.69, 9.17) is 4.98 Å². The average Bonchev–Trinajstić information content (AvgIpc) is 3.52. The summed E-state index contributed by atoms with van der Waals surface area (Å²) in [4.78, 5) is 27.2. The summed E-state index contributed by atoms with van der Waals surface area (Å²) in [5, 5.41) is 18.2. The van der Waals surface area contributed by atoms with Crippen molar-refractivity contribution in [2.45, 2.75) is 13.5 Å². The molecule has 0 bridgehead atoms. The van der Waals surface area contributed by atoms with E-state index in [1.165, 1.54) is 16.1 Å². The molecule has 3 aromatic heterocycles. The van der Waals surface area contributed by atoms with E-state index in [2.05, 4.69) is 30.6 Å². The van der Waals surface area contributed by atoms with Crippen molar-refractivity contribution in [3.05, 3.63) is 64.5 Å². The first-order valence-electron chi connectivity index (χ1n) is 11.1. The second-order valence-electron chi connectivity index (χ2n) is 8.30. The van der Waals surface area contributed by atoms with Crippen molar-refractivity contribution in [3.8, 4) is 11.4 Å². The van der Waals surface area contributed by atoms with Crippen LogP contribution < -0.4 is 5.32 Å². The first kappa shape index (κ1) is 23.0. The number of anilines is 2. The second-order valence-corrected chi connectivity index (χ2v) is 9.20. The topological polar surface area (TPSA) is 105 Å². The predicted octanol–water partition coefficient (Wildman–Crippen LogP) is 2.88. The van der Waals surface area contributed by atoms with Crippen LogP contribution in [0.3, 0.4) is 0 Å². The Hall–Kier alpha value is -3.77. The summed E-state index contributed by atoms with van der Waals surface area (Å²) in [5.41, 5.74) is 2.23. The molecule has 1 amide bonds. The SMILES string of the molecule is Cc1cccc(C(=O)N2CCN(Cc3cc(-c4nnn(C)n4)cc(Nc4nccs4)n3)CC2)c1F. The minimum absolute atomic E-state index is 0.127. The Balaban J connectivity index is 1.30. The average molecular weight is 494 g/mol. The number of tetrazole rings is 1. The monoisotopic (exact) mass is 493 g/mol. The lowest BCUT2D eigenvalue weighted by atomic mass is 10.1. The summed E-state index contributed by atoms with van der Waals surface area (Å²) in [6.07, 6.45) is 1.73. The van der Waals surface area contributed by atoms with Crippen LogP contribution >= 0.6 is 11.3 Å². The zero-order chi connectivity index (χ0) is 24.4. The Morgan fingerprint density at radius 1 is 1.20 bits per heavy atom. The van der Waals surface area contributed by atoms with Gasteiger partial charge >= 0.3 is 0 Å². The molecule has 1 saturated heterocycles. The maximum atomic E-state index is 14.4. The van der Waals surface area contributed by atoms with Crippen molar-refractivity contribution < 1.29 is 9.18 Å². The Kier molecular flexibility index (Phi) is 6.47. The number of thiazole rings is 1. The van der Waals surface area contributed by atoms with Gasteiger partial charge in [-0.05, 0) is 35.9 Å². The lowest BCUT2D eigenvalue weighted by molar-refractivity contribution is 0.0622. The van der Waals surface area contributed by atoms with Crippen LogP contribution in [0.15, 0.2) is 41.9 Å². The molecule has 0 spiro atoms. The third kappa shape index (κ3) is 5.17. The third-order valence-electron chi connectivity index (χ3n) is 5.78. The van der Waals surface area contributed by atoms with Crippen molar-refractivity contribution >= 4 is 28.2 Å². The molecule has 1 aromatic carbocycles. The lowest BCUT2D eigenvalue weighted by Gasteiger charge is -2.34. The summed E-state index contributed by atoms with van der Waals surface area (Å²) in [6.45, 7) is 4.60. The number of benzene rings is 1. The molecule has 5 rings (SSSR count). The Morgan fingerprint density at radius 2 is 2.03 bits per heavy atom. The number of nitrogens with zero attached hydrogens (tertiary/aromatic N) is 8. The van der Waals surface area contributed by atoms with Crippen molar-refractivity contribution in [2.24, 2.45) is 7.05 Å². The van der Waals surface area contributed by atoms with Crippen LogP contribution in [0.1, 0.15) is 21.6 Å².